The Kier molecular flexibility index (Phi) is 2.26. The van der Waals surface area contributed by atoms with Crippen molar-refractivity contribution in [3.63, 3.8) is 0 Å². The first-order chi connectivity index (χ1) is 4.83. The molecule has 10 heavy (non-hydrogen) atoms. The lowest BCUT2D eigenvalue weighted by Crippen LogP contribution is -1.98. The SMILES string of the molecule is CO/N=C1/C=CC=C(C)C1. The maximum atomic E-state index is 4.64. The predicted molar refractivity (Wildman–Crippen MR) is 42.0 cm³/mol. The van der Waals surface area contributed by atoms with Gasteiger partial charge in [-0.2, -0.15) is 0 Å². The molecule has 54 valence electrons. The van der Waals surface area contributed by atoms with Crippen molar-refractivity contribution in [2.75, 3.05) is 7.11 Å². The summed E-state index contributed by atoms with van der Waals surface area (Å²) in [5, 5.41) is 3.82. The van der Waals surface area contributed by atoms with Crippen molar-refractivity contribution < 1.29 is 4.84 Å². The third-order valence-corrected chi connectivity index (χ3v) is 1.34. The van der Waals surface area contributed by atoms with Crippen molar-refractivity contribution in [1.29, 1.82) is 0 Å². The fourth-order valence-electron chi connectivity index (χ4n) is 0.907. The molecule has 0 fully saturated rings. The first kappa shape index (κ1) is 7.06. The zero-order valence-electron chi connectivity index (χ0n) is 6.29. The van der Waals surface area contributed by atoms with E-state index in [1.54, 1.807) is 7.11 Å². The van der Waals surface area contributed by atoms with Gasteiger partial charge in [0.25, 0.3) is 0 Å². The Morgan fingerprint density at radius 2 is 2.40 bits per heavy atom. The van der Waals surface area contributed by atoms with Crippen LogP contribution >= 0.6 is 0 Å². The summed E-state index contributed by atoms with van der Waals surface area (Å²) in [7, 11) is 1.56. The van der Waals surface area contributed by atoms with Gasteiger partial charge in [0.05, 0.1) is 5.71 Å². The van der Waals surface area contributed by atoms with Gasteiger partial charge >= 0.3 is 0 Å². The van der Waals surface area contributed by atoms with E-state index in [0.29, 0.717) is 0 Å². The van der Waals surface area contributed by atoms with E-state index in [2.05, 4.69) is 23.0 Å². The molecule has 1 aliphatic carbocycles. The van der Waals surface area contributed by atoms with Crippen LogP contribution in [0.5, 0.6) is 0 Å². The van der Waals surface area contributed by atoms with Crippen molar-refractivity contribution >= 4 is 5.71 Å². The van der Waals surface area contributed by atoms with Crippen LogP contribution in [0.15, 0.2) is 29.0 Å². The van der Waals surface area contributed by atoms with Crippen LogP contribution in [-0.2, 0) is 4.84 Å². The van der Waals surface area contributed by atoms with Gasteiger partial charge in [0, 0.05) is 6.42 Å². The number of hydrogen-bond acceptors (Lipinski definition) is 2. The van der Waals surface area contributed by atoms with Crippen molar-refractivity contribution in [2.45, 2.75) is 13.3 Å². The Bertz CT molecular complexity index is 199. The highest BCUT2D eigenvalue weighted by Crippen LogP contribution is 2.08. The summed E-state index contributed by atoms with van der Waals surface area (Å²) in [6.45, 7) is 2.08. The van der Waals surface area contributed by atoms with Crippen molar-refractivity contribution in [2.24, 2.45) is 5.16 Å². The second-order valence-electron chi connectivity index (χ2n) is 2.31. The molecule has 0 spiro atoms. The van der Waals surface area contributed by atoms with Gasteiger partial charge in [0.1, 0.15) is 7.11 Å². The van der Waals surface area contributed by atoms with Crippen LogP contribution in [0, 0.1) is 0 Å². The highest BCUT2D eigenvalue weighted by Gasteiger charge is 2.00. The molecule has 0 atom stereocenters. The Balaban J connectivity index is 2.64. The number of allylic oxidation sites excluding steroid dienone is 4. The van der Waals surface area contributed by atoms with Crippen LogP contribution in [0.1, 0.15) is 13.3 Å². The van der Waals surface area contributed by atoms with E-state index in [-0.39, 0.29) is 0 Å². The Morgan fingerprint density at radius 3 is 3.00 bits per heavy atom. The van der Waals surface area contributed by atoms with Crippen LogP contribution < -0.4 is 0 Å². The summed E-state index contributed by atoms with van der Waals surface area (Å²) in [6.07, 6.45) is 6.92. The van der Waals surface area contributed by atoms with Gasteiger partial charge in [0.15, 0.2) is 0 Å². The van der Waals surface area contributed by atoms with Gasteiger partial charge in [0.2, 0.25) is 0 Å². The van der Waals surface area contributed by atoms with Crippen molar-refractivity contribution in [1.82, 2.24) is 0 Å². The number of nitrogens with zero attached hydrogens (tertiary/aromatic N) is 1. The number of oxime groups is 1. The maximum Gasteiger partial charge on any atom is 0.106 e. The summed E-state index contributed by atoms with van der Waals surface area (Å²) >= 11 is 0. The van der Waals surface area contributed by atoms with E-state index in [4.69, 9.17) is 0 Å². The lowest BCUT2D eigenvalue weighted by atomic mass is 10.1. The lowest BCUT2D eigenvalue weighted by molar-refractivity contribution is 0.213. The minimum Gasteiger partial charge on any atom is -0.399 e. The highest BCUT2D eigenvalue weighted by atomic mass is 16.6. The largest absolute Gasteiger partial charge is 0.399 e. The molecule has 1 aliphatic rings. The van der Waals surface area contributed by atoms with Crippen molar-refractivity contribution in [3.05, 3.63) is 23.8 Å². The average molecular weight is 137 g/mol. The van der Waals surface area contributed by atoms with Gasteiger partial charge in [-0.1, -0.05) is 22.9 Å². The van der Waals surface area contributed by atoms with Gasteiger partial charge in [-0.3, -0.25) is 0 Å². The van der Waals surface area contributed by atoms with Crippen LogP contribution in [0.4, 0.5) is 0 Å². The summed E-state index contributed by atoms with van der Waals surface area (Å²) in [5.41, 5.74) is 2.31. The molecule has 0 saturated carbocycles. The maximum absolute atomic E-state index is 4.64. The summed E-state index contributed by atoms with van der Waals surface area (Å²) in [4.78, 5) is 4.64. The molecule has 0 bridgehead atoms. The van der Waals surface area contributed by atoms with E-state index in [1.807, 2.05) is 12.2 Å². The molecule has 0 aromatic rings. The highest BCUT2D eigenvalue weighted by molar-refractivity contribution is 5.97. The topological polar surface area (TPSA) is 21.6 Å². The molecule has 0 aromatic heterocycles. The van der Waals surface area contributed by atoms with E-state index in [1.165, 1.54) is 5.57 Å². The van der Waals surface area contributed by atoms with E-state index in [9.17, 15) is 0 Å². The molecule has 0 aromatic carbocycles. The molecule has 0 aliphatic heterocycles. The molecule has 2 heteroatoms. The summed E-state index contributed by atoms with van der Waals surface area (Å²) in [6, 6.07) is 0. The molecule has 0 amide bonds. The monoisotopic (exact) mass is 137 g/mol. The van der Waals surface area contributed by atoms with Crippen molar-refractivity contribution in [3.8, 4) is 0 Å². The first-order valence-corrected chi connectivity index (χ1v) is 3.27. The van der Waals surface area contributed by atoms with Crippen LogP contribution in [0.25, 0.3) is 0 Å². The zero-order chi connectivity index (χ0) is 7.40. The van der Waals surface area contributed by atoms with E-state index in [0.717, 1.165) is 12.1 Å². The third kappa shape index (κ3) is 1.72. The first-order valence-electron chi connectivity index (χ1n) is 3.27. The fourth-order valence-corrected chi connectivity index (χ4v) is 0.907. The zero-order valence-corrected chi connectivity index (χ0v) is 6.29. The number of hydrogen-bond donors (Lipinski definition) is 0. The fraction of sp³-hybridized carbons (Fsp3) is 0.375. The van der Waals surface area contributed by atoms with E-state index >= 15 is 0 Å². The van der Waals surface area contributed by atoms with Gasteiger partial charge in [-0.05, 0) is 13.0 Å². The minimum absolute atomic E-state index is 0.907. The normalized spacial score (nSPS) is 21.0. The molecule has 0 radical (unpaired) electrons. The lowest BCUT2D eigenvalue weighted by Gasteiger charge is -2.03. The average Bonchev–Trinajstić information content (AvgIpc) is 1.88. The van der Waals surface area contributed by atoms with E-state index < -0.39 is 0 Å². The second-order valence-corrected chi connectivity index (χ2v) is 2.31. The molecule has 0 unspecified atom stereocenters. The van der Waals surface area contributed by atoms with Crippen LogP contribution in [-0.4, -0.2) is 12.8 Å². The molecule has 0 heterocycles. The Morgan fingerprint density at radius 1 is 1.60 bits per heavy atom. The molecule has 1 rings (SSSR count). The smallest absolute Gasteiger partial charge is 0.106 e. The quantitative estimate of drug-likeness (QED) is 0.506. The van der Waals surface area contributed by atoms with Gasteiger partial charge < -0.3 is 4.84 Å². The molecule has 0 N–H and O–H groups in total. The summed E-state index contributed by atoms with van der Waals surface area (Å²) < 4.78 is 0. The Labute approximate surface area is 60.9 Å². The molecular weight excluding hydrogens is 126 g/mol. The van der Waals surface area contributed by atoms with Gasteiger partial charge in [-0.15, -0.1) is 0 Å². The summed E-state index contributed by atoms with van der Waals surface area (Å²) in [5.74, 6) is 0. The van der Waals surface area contributed by atoms with Crippen LogP contribution in [0.3, 0.4) is 0 Å². The standard InChI is InChI=1S/C8H11NO/c1-7-4-3-5-8(6-7)9-10-2/h3-5H,6H2,1-2H3/b9-8-. The predicted octanol–water partition coefficient (Wildman–Crippen LogP) is 1.90. The van der Waals surface area contributed by atoms with Crippen LogP contribution in [0.2, 0.25) is 0 Å². The molecule has 2 nitrogen and oxygen atoms in total. The number of rotatable bonds is 1. The molecular formula is C8H11NO. The van der Waals surface area contributed by atoms with Gasteiger partial charge in [-0.25, -0.2) is 0 Å². The Hall–Kier alpha value is -1.05. The third-order valence-electron chi connectivity index (χ3n) is 1.34. The second kappa shape index (κ2) is 3.20. The molecule has 0 saturated heterocycles. The minimum atomic E-state index is 0.907.